The molecule has 0 spiro atoms. The molecule has 1 aromatic heterocycles. The van der Waals surface area contributed by atoms with Gasteiger partial charge in [0.15, 0.2) is 8.07 Å². The van der Waals surface area contributed by atoms with Gasteiger partial charge in [0, 0.05) is 16.5 Å². The molecule has 0 aliphatic heterocycles. The first-order valence-electron chi connectivity index (χ1n) is 15.6. The topological polar surface area (TPSA) is 28.7 Å². The van der Waals surface area contributed by atoms with E-state index in [9.17, 15) is 5.26 Å². The van der Waals surface area contributed by atoms with Gasteiger partial charge in [-0.1, -0.05) is 146 Å². The first-order valence-corrected chi connectivity index (χ1v) is 17.6. The van der Waals surface area contributed by atoms with Crippen molar-refractivity contribution in [3.05, 3.63) is 188 Å². The van der Waals surface area contributed by atoms with E-state index in [1.807, 2.05) is 12.1 Å². The Morgan fingerprint density at radius 2 is 0.870 bits per heavy atom. The van der Waals surface area contributed by atoms with Crippen LogP contribution < -0.4 is 20.7 Å². The van der Waals surface area contributed by atoms with Crippen molar-refractivity contribution in [2.24, 2.45) is 0 Å². The minimum Gasteiger partial charge on any atom is -0.309 e. The lowest BCUT2D eigenvalue weighted by Gasteiger charge is -2.34. The van der Waals surface area contributed by atoms with E-state index < -0.39 is 8.07 Å². The van der Waals surface area contributed by atoms with Crippen molar-refractivity contribution < 1.29 is 0 Å². The average molecular weight is 603 g/mol. The van der Waals surface area contributed by atoms with Gasteiger partial charge in [0.05, 0.1) is 22.7 Å². The molecule has 1 heterocycles. The van der Waals surface area contributed by atoms with Crippen LogP contribution in [-0.4, -0.2) is 12.6 Å². The molecule has 0 N–H and O–H groups in total. The van der Waals surface area contributed by atoms with Crippen LogP contribution in [0.2, 0.25) is 0 Å². The summed E-state index contributed by atoms with van der Waals surface area (Å²) in [6.45, 7) is 0. The number of aromatic nitrogens is 1. The van der Waals surface area contributed by atoms with Gasteiger partial charge >= 0.3 is 0 Å². The van der Waals surface area contributed by atoms with Gasteiger partial charge in [-0.2, -0.15) is 5.26 Å². The Morgan fingerprint density at radius 3 is 1.41 bits per heavy atom. The van der Waals surface area contributed by atoms with Crippen LogP contribution >= 0.6 is 0 Å². The zero-order valence-electron chi connectivity index (χ0n) is 25.2. The number of benzene rings is 7. The fraction of sp³-hybridized carbons (Fsp3) is 0. The van der Waals surface area contributed by atoms with Gasteiger partial charge in [0.1, 0.15) is 0 Å². The molecule has 3 heteroatoms. The second kappa shape index (κ2) is 11.5. The van der Waals surface area contributed by atoms with Crippen molar-refractivity contribution in [2.45, 2.75) is 0 Å². The van der Waals surface area contributed by atoms with Crippen molar-refractivity contribution in [3.63, 3.8) is 0 Å². The highest BCUT2D eigenvalue weighted by Gasteiger charge is 2.41. The zero-order chi connectivity index (χ0) is 30.9. The number of fused-ring (bicyclic) bond motifs is 3. The molecule has 0 atom stereocenters. The molecule has 7 aromatic carbocycles. The van der Waals surface area contributed by atoms with Crippen LogP contribution in [0.5, 0.6) is 0 Å². The lowest BCUT2D eigenvalue weighted by atomic mass is 10.1. The average Bonchev–Trinajstić information content (AvgIpc) is 3.47. The second-order valence-corrected chi connectivity index (χ2v) is 15.5. The van der Waals surface area contributed by atoms with Crippen molar-refractivity contribution in [1.29, 1.82) is 5.26 Å². The van der Waals surface area contributed by atoms with Crippen molar-refractivity contribution in [2.75, 3.05) is 0 Å². The molecule has 0 unspecified atom stereocenters. The molecular formula is C43H30N2Si. The smallest absolute Gasteiger partial charge is 0.179 e. The van der Waals surface area contributed by atoms with E-state index in [2.05, 4.69) is 180 Å². The minimum atomic E-state index is -2.55. The lowest BCUT2D eigenvalue weighted by Crippen LogP contribution is -2.74. The van der Waals surface area contributed by atoms with Gasteiger partial charge in [-0.25, -0.2) is 0 Å². The molecule has 0 radical (unpaired) electrons. The Hall–Kier alpha value is -5.95. The first kappa shape index (κ1) is 27.6. The molecule has 0 aliphatic carbocycles. The molecular weight excluding hydrogens is 573 g/mol. The first-order chi connectivity index (χ1) is 22.8. The van der Waals surface area contributed by atoms with Crippen LogP contribution in [0.3, 0.4) is 0 Å². The standard InChI is InChI=1S/C43H30N2Si/c44-31-32-20-29-43-41(30-32)40-18-10-11-19-42(40)45(43)35-25-21-33(22-26-35)34-23-27-39(28-24-34)46(36-12-4-1-5-13-36,37-14-6-2-7-15-37)38-16-8-3-9-17-38/h1-30H. The van der Waals surface area contributed by atoms with E-state index in [-0.39, 0.29) is 0 Å². The van der Waals surface area contributed by atoms with Gasteiger partial charge in [-0.05, 0) is 68.3 Å². The predicted octanol–water partition coefficient (Wildman–Crippen LogP) is 7.70. The van der Waals surface area contributed by atoms with Crippen LogP contribution in [0.15, 0.2) is 182 Å². The molecule has 0 amide bonds. The molecule has 216 valence electrons. The summed E-state index contributed by atoms with van der Waals surface area (Å²) in [5.41, 5.74) is 6.37. The highest BCUT2D eigenvalue weighted by atomic mass is 28.3. The van der Waals surface area contributed by atoms with Crippen LogP contribution in [-0.2, 0) is 0 Å². The Bertz CT molecular complexity index is 2240. The summed E-state index contributed by atoms with van der Waals surface area (Å²) in [5.74, 6) is 0. The number of nitriles is 1. The molecule has 0 aliphatic rings. The fourth-order valence-electron chi connectivity index (χ4n) is 7.10. The third-order valence-electron chi connectivity index (χ3n) is 9.20. The number of hydrogen-bond acceptors (Lipinski definition) is 1. The van der Waals surface area contributed by atoms with Gasteiger partial charge in [-0.15, -0.1) is 0 Å². The predicted molar refractivity (Wildman–Crippen MR) is 195 cm³/mol. The maximum atomic E-state index is 9.51. The maximum Gasteiger partial charge on any atom is 0.179 e. The summed E-state index contributed by atoms with van der Waals surface area (Å²) in [4.78, 5) is 0. The van der Waals surface area contributed by atoms with Crippen LogP contribution in [0.25, 0.3) is 38.6 Å². The summed E-state index contributed by atoms with van der Waals surface area (Å²) in [6, 6.07) is 67.9. The van der Waals surface area contributed by atoms with Crippen LogP contribution in [0.1, 0.15) is 5.56 Å². The van der Waals surface area contributed by atoms with E-state index in [1.54, 1.807) is 0 Å². The number of rotatable bonds is 6. The Morgan fingerprint density at radius 1 is 0.413 bits per heavy atom. The van der Waals surface area contributed by atoms with E-state index in [1.165, 1.54) is 31.9 Å². The minimum absolute atomic E-state index is 0.674. The Kier molecular flexibility index (Phi) is 6.91. The molecule has 2 nitrogen and oxygen atoms in total. The normalized spacial score (nSPS) is 11.5. The lowest BCUT2D eigenvalue weighted by molar-refractivity contribution is 1.18. The van der Waals surface area contributed by atoms with Gasteiger partial charge < -0.3 is 4.57 Å². The summed E-state index contributed by atoms with van der Waals surface area (Å²) >= 11 is 0. The summed E-state index contributed by atoms with van der Waals surface area (Å²) < 4.78 is 2.29. The summed E-state index contributed by atoms with van der Waals surface area (Å²) in [5, 5.41) is 17.2. The highest BCUT2D eigenvalue weighted by molar-refractivity contribution is 7.19. The van der Waals surface area contributed by atoms with E-state index in [0.717, 1.165) is 27.5 Å². The van der Waals surface area contributed by atoms with Crippen molar-refractivity contribution in [3.8, 4) is 22.9 Å². The van der Waals surface area contributed by atoms with E-state index in [4.69, 9.17) is 0 Å². The molecule has 46 heavy (non-hydrogen) atoms. The van der Waals surface area contributed by atoms with Crippen molar-refractivity contribution >= 4 is 50.6 Å². The van der Waals surface area contributed by atoms with Gasteiger partial charge in [0.2, 0.25) is 0 Å². The van der Waals surface area contributed by atoms with E-state index >= 15 is 0 Å². The van der Waals surface area contributed by atoms with Gasteiger partial charge in [0.25, 0.3) is 0 Å². The van der Waals surface area contributed by atoms with E-state index in [0.29, 0.717) is 5.56 Å². The number of hydrogen-bond donors (Lipinski definition) is 0. The Balaban J connectivity index is 1.22. The monoisotopic (exact) mass is 602 g/mol. The third-order valence-corrected chi connectivity index (χ3v) is 14.0. The maximum absolute atomic E-state index is 9.51. The molecule has 0 saturated heterocycles. The van der Waals surface area contributed by atoms with Crippen LogP contribution in [0.4, 0.5) is 0 Å². The molecule has 0 fully saturated rings. The summed E-state index contributed by atoms with van der Waals surface area (Å²) in [7, 11) is -2.55. The zero-order valence-corrected chi connectivity index (χ0v) is 26.2. The third kappa shape index (κ3) is 4.47. The van der Waals surface area contributed by atoms with Crippen LogP contribution in [0, 0.1) is 11.3 Å². The largest absolute Gasteiger partial charge is 0.309 e. The number of para-hydroxylation sites is 1. The molecule has 0 saturated carbocycles. The summed E-state index contributed by atoms with van der Waals surface area (Å²) in [6.07, 6.45) is 0. The van der Waals surface area contributed by atoms with Gasteiger partial charge in [-0.3, -0.25) is 0 Å². The molecule has 8 aromatic rings. The molecule has 0 bridgehead atoms. The fourth-order valence-corrected chi connectivity index (χ4v) is 11.8. The quantitative estimate of drug-likeness (QED) is 0.142. The molecule has 8 rings (SSSR count). The van der Waals surface area contributed by atoms with Crippen molar-refractivity contribution in [1.82, 2.24) is 4.57 Å². The second-order valence-electron chi connectivity index (χ2n) is 11.7. The Labute approximate surface area is 270 Å². The SMILES string of the molecule is N#Cc1ccc2c(c1)c1ccccc1n2-c1ccc(-c2ccc([Si](c3ccccc3)(c3ccccc3)c3ccccc3)cc2)cc1. The highest BCUT2D eigenvalue weighted by Crippen LogP contribution is 2.33. The number of nitrogens with zero attached hydrogens (tertiary/aromatic N) is 2.